The normalized spacial score (nSPS) is 12.8. The first kappa shape index (κ1) is 18.2. The Morgan fingerprint density at radius 2 is 1.88 bits per heavy atom. The number of rotatable bonds is 6. The number of hydrogen-bond donors (Lipinski definition) is 3. The molecule has 0 aromatic heterocycles. The largest absolute Gasteiger partial charge is 0.444 e. The molecule has 0 fully saturated rings. The maximum atomic E-state index is 11.9. The molecule has 24 heavy (non-hydrogen) atoms. The van der Waals surface area contributed by atoms with Crippen molar-refractivity contribution in [2.75, 3.05) is 19.7 Å². The molecule has 0 bridgehead atoms. The predicted molar refractivity (Wildman–Crippen MR) is 96.0 cm³/mol. The molecule has 5 heteroatoms. The van der Waals surface area contributed by atoms with Crippen LogP contribution in [0.4, 0.5) is 4.79 Å². The van der Waals surface area contributed by atoms with E-state index < -0.39 is 11.7 Å². The van der Waals surface area contributed by atoms with Crippen LogP contribution in [-0.4, -0.2) is 36.5 Å². The number of benzene rings is 2. The molecule has 0 aliphatic heterocycles. The summed E-state index contributed by atoms with van der Waals surface area (Å²) >= 11 is 0. The molecule has 130 valence electrons. The van der Waals surface area contributed by atoms with E-state index in [1.807, 2.05) is 39.0 Å². The highest BCUT2D eigenvalue weighted by molar-refractivity contribution is 5.83. The summed E-state index contributed by atoms with van der Waals surface area (Å²) in [6.07, 6.45) is -0.445. The molecule has 2 rings (SSSR count). The van der Waals surface area contributed by atoms with Crippen LogP contribution in [0.2, 0.25) is 0 Å². The number of amides is 1. The highest BCUT2D eigenvalue weighted by atomic mass is 16.6. The summed E-state index contributed by atoms with van der Waals surface area (Å²) < 4.78 is 5.27. The third kappa shape index (κ3) is 5.51. The van der Waals surface area contributed by atoms with Crippen LogP contribution in [0.15, 0.2) is 42.5 Å². The van der Waals surface area contributed by atoms with E-state index in [2.05, 4.69) is 34.9 Å². The first-order chi connectivity index (χ1) is 11.4. The fraction of sp³-hybridized carbons (Fsp3) is 0.421. The van der Waals surface area contributed by atoms with E-state index >= 15 is 0 Å². The van der Waals surface area contributed by atoms with Crippen molar-refractivity contribution in [3.63, 3.8) is 0 Å². The van der Waals surface area contributed by atoms with Gasteiger partial charge < -0.3 is 20.5 Å². The lowest BCUT2D eigenvalue weighted by Gasteiger charge is -2.23. The summed E-state index contributed by atoms with van der Waals surface area (Å²) in [5.41, 5.74) is 0.527. The summed E-state index contributed by atoms with van der Waals surface area (Å²) in [6, 6.07) is 14.2. The zero-order chi connectivity index (χ0) is 17.6. The van der Waals surface area contributed by atoms with Crippen molar-refractivity contribution in [2.24, 2.45) is 0 Å². The van der Waals surface area contributed by atoms with E-state index in [4.69, 9.17) is 9.84 Å². The molecule has 1 amide bonds. The zero-order valence-electron chi connectivity index (χ0n) is 14.5. The number of aliphatic hydroxyl groups is 1. The van der Waals surface area contributed by atoms with E-state index in [1.165, 1.54) is 5.39 Å². The molecule has 0 saturated heterocycles. The van der Waals surface area contributed by atoms with Gasteiger partial charge in [0.1, 0.15) is 5.60 Å². The van der Waals surface area contributed by atoms with E-state index in [-0.39, 0.29) is 12.6 Å². The van der Waals surface area contributed by atoms with Gasteiger partial charge in [0, 0.05) is 19.1 Å². The minimum Gasteiger partial charge on any atom is -0.444 e. The van der Waals surface area contributed by atoms with Crippen LogP contribution in [-0.2, 0) is 4.74 Å². The second-order valence-corrected chi connectivity index (χ2v) is 6.72. The quantitative estimate of drug-likeness (QED) is 0.761. The predicted octanol–water partition coefficient (Wildman–Crippen LogP) is 2.99. The summed E-state index contributed by atoms with van der Waals surface area (Å²) in [4.78, 5) is 11.9. The molecule has 0 aliphatic carbocycles. The number of fused-ring (bicyclic) bond motifs is 1. The first-order valence-electron chi connectivity index (χ1n) is 8.19. The van der Waals surface area contributed by atoms with Crippen LogP contribution in [0.25, 0.3) is 10.8 Å². The third-order valence-corrected chi connectivity index (χ3v) is 3.53. The maximum absolute atomic E-state index is 11.9. The van der Waals surface area contributed by atoms with Gasteiger partial charge in [-0.05, 0) is 43.2 Å². The number of carbonyl (C=O) groups excluding carboxylic acids is 1. The van der Waals surface area contributed by atoms with Gasteiger partial charge in [-0.2, -0.15) is 0 Å². The lowest BCUT2D eigenvalue weighted by molar-refractivity contribution is 0.0522. The molecule has 0 heterocycles. The van der Waals surface area contributed by atoms with Gasteiger partial charge in [0.25, 0.3) is 0 Å². The SMILES string of the molecule is CC(C)(C)OC(=O)NCC(NCCO)c1ccc2ccccc2c1. The van der Waals surface area contributed by atoms with Crippen LogP contribution in [0.1, 0.15) is 32.4 Å². The van der Waals surface area contributed by atoms with Gasteiger partial charge in [0.05, 0.1) is 6.61 Å². The molecule has 1 unspecified atom stereocenters. The van der Waals surface area contributed by atoms with Crippen LogP contribution >= 0.6 is 0 Å². The van der Waals surface area contributed by atoms with Gasteiger partial charge in [-0.3, -0.25) is 0 Å². The molecule has 2 aromatic carbocycles. The number of ether oxygens (including phenoxy) is 1. The minimum absolute atomic E-state index is 0.0382. The van der Waals surface area contributed by atoms with Crippen molar-refractivity contribution in [2.45, 2.75) is 32.4 Å². The van der Waals surface area contributed by atoms with Crippen molar-refractivity contribution >= 4 is 16.9 Å². The Hall–Kier alpha value is -2.11. The molecule has 1 atom stereocenters. The maximum Gasteiger partial charge on any atom is 0.407 e. The number of nitrogens with one attached hydrogen (secondary N) is 2. The van der Waals surface area contributed by atoms with E-state index in [1.54, 1.807) is 0 Å². The van der Waals surface area contributed by atoms with Crippen molar-refractivity contribution < 1.29 is 14.6 Å². The fourth-order valence-corrected chi connectivity index (χ4v) is 2.47. The highest BCUT2D eigenvalue weighted by Crippen LogP contribution is 2.20. The van der Waals surface area contributed by atoms with Crippen molar-refractivity contribution in [1.82, 2.24) is 10.6 Å². The smallest absolute Gasteiger partial charge is 0.407 e. The summed E-state index contributed by atoms with van der Waals surface area (Å²) in [7, 11) is 0. The van der Waals surface area contributed by atoms with Crippen LogP contribution in [0.3, 0.4) is 0 Å². The molecule has 0 aliphatic rings. The number of hydrogen-bond acceptors (Lipinski definition) is 4. The van der Waals surface area contributed by atoms with Gasteiger partial charge >= 0.3 is 6.09 Å². The molecule has 0 radical (unpaired) electrons. The molecule has 5 nitrogen and oxygen atoms in total. The summed E-state index contributed by atoms with van der Waals surface area (Å²) in [6.45, 7) is 6.36. The molecular formula is C19H26N2O3. The van der Waals surface area contributed by atoms with E-state index in [9.17, 15) is 4.79 Å². The van der Waals surface area contributed by atoms with Gasteiger partial charge in [0.15, 0.2) is 0 Å². The number of aliphatic hydroxyl groups excluding tert-OH is 1. The molecule has 0 saturated carbocycles. The van der Waals surface area contributed by atoms with Gasteiger partial charge in [0.2, 0.25) is 0 Å². The molecular weight excluding hydrogens is 304 g/mol. The monoisotopic (exact) mass is 330 g/mol. The van der Waals surface area contributed by atoms with Gasteiger partial charge in [-0.15, -0.1) is 0 Å². The van der Waals surface area contributed by atoms with Crippen molar-refractivity contribution in [3.8, 4) is 0 Å². The van der Waals surface area contributed by atoms with Crippen LogP contribution in [0, 0.1) is 0 Å². The minimum atomic E-state index is -0.527. The number of alkyl carbamates (subject to hydrolysis) is 1. The molecule has 2 aromatic rings. The second-order valence-electron chi connectivity index (χ2n) is 6.72. The van der Waals surface area contributed by atoms with Crippen LogP contribution in [0.5, 0.6) is 0 Å². The Labute approximate surface area is 143 Å². The Bertz CT molecular complexity index is 680. The fourth-order valence-electron chi connectivity index (χ4n) is 2.47. The lowest BCUT2D eigenvalue weighted by Crippen LogP contribution is -2.39. The molecule has 3 N–H and O–H groups in total. The standard InChI is InChI=1S/C19H26N2O3/c1-19(2,3)24-18(23)21-13-17(20-10-11-22)16-9-8-14-6-4-5-7-15(14)12-16/h4-9,12,17,20,22H,10-11,13H2,1-3H3,(H,21,23). The first-order valence-corrected chi connectivity index (χ1v) is 8.19. The van der Waals surface area contributed by atoms with Gasteiger partial charge in [-0.1, -0.05) is 36.4 Å². The average molecular weight is 330 g/mol. The number of carbonyl (C=O) groups is 1. The average Bonchev–Trinajstić information content (AvgIpc) is 2.53. The van der Waals surface area contributed by atoms with E-state index in [0.717, 1.165) is 10.9 Å². The second kappa shape index (κ2) is 8.13. The zero-order valence-corrected chi connectivity index (χ0v) is 14.5. The summed E-state index contributed by atoms with van der Waals surface area (Å²) in [5, 5.41) is 17.4. The Balaban J connectivity index is 2.10. The Morgan fingerprint density at radius 1 is 1.17 bits per heavy atom. The van der Waals surface area contributed by atoms with E-state index in [0.29, 0.717) is 13.1 Å². The van der Waals surface area contributed by atoms with Crippen molar-refractivity contribution in [3.05, 3.63) is 48.0 Å². The van der Waals surface area contributed by atoms with Gasteiger partial charge in [-0.25, -0.2) is 4.79 Å². The third-order valence-electron chi connectivity index (χ3n) is 3.53. The summed E-state index contributed by atoms with van der Waals surface area (Å²) in [5.74, 6) is 0. The topological polar surface area (TPSA) is 70.6 Å². The lowest BCUT2D eigenvalue weighted by atomic mass is 10.0. The van der Waals surface area contributed by atoms with Crippen LogP contribution < -0.4 is 10.6 Å². The molecule has 0 spiro atoms. The Morgan fingerprint density at radius 3 is 2.54 bits per heavy atom. The van der Waals surface area contributed by atoms with Crippen molar-refractivity contribution in [1.29, 1.82) is 0 Å². The highest BCUT2D eigenvalue weighted by Gasteiger charge is 2.18. The Kier molecular flexibility index (Phi) is 6.17.